The van der Waals surface area contributed by atoms with Gasteiger partial charge in [0.15, 0.2) is 0 Å². The number of piperidine rings is 1. The molecule has 0 radical (unpaired) electrons. The zero-order valence-corrected chi connectivity index (χ0v) is 18.2. The third kappa shape index (κ3) is 4.14. The maximum Gasteiger partial charge on any atom is 0.322 e. The molecular formula is C25H26FN5O2. The molecule has 7 nitrogen and oxygen atoms in total. The summed E-state index contributed by atoms with van der Waals surface area (Å²) >= 11 is 0. The van der Waals surface area contributed by atoms with Crippen molar-refractivity contribution >= 4 is 11.9 Å². The van der Waals surface area contributed by atoms with E-state index in [4.69, 9.17) is 0 Å². The molecule has 2 N–H and O–H groups in total. The summed E-state index contributed by atoms with van der Waals surface area (Å²) < 4.78 is 16.5. The molecule has 1 aromatic carbocycles. The molecule has 0 aliphatic carbocycles. The average molecular weight is 448 g/mol. The molecule has 5 rings (SSSR count). The molecule has 2 fully saturated rings. The molecule has 2 aliphatic heterocycles. The Bertz CT molecular complexity index is 1160. The van der Waals surface area contributed by atoms with Crippen LogP contribution in [0.1, 0.15) is 24.1 Å². The number of carbonyl (C=O) groups is 2. The largest absolute Gasteiger partial charge is 0.323 e. The van der Waals surface area contributed by atoms with Gasteiger partial charge in [0.2, 0.25) is 0 Å². The van der Waals surface area contributed by atoms with Crippen molar-refractivity contribution in [1.82, 2.24) is 25.1 Å². The van der Waals surface area contributed by atoms with Crippen molar-refractivity contribution in [2.45, 2.75) is 31.3 Å². The highest BCUT2D eigenvalue weighted by atomic mass is 19.1. The smallest absolute Gasteiger partial charge is 0.322 e. The van der Waals surface area contributed by atoms with E-state index in [-0.39, 0.29) is 24.1 Å². The summed E-state index contributed by atoms with van der Waals surface area (Å²) in [6.45, 7) is 2.32. The minimum atomic E-state index is -1.13. The first-order valence-electron chi connectivity index (χ1n) is 11.2. The first-order valence-corrected chi connectivity index (χ1v) is 11.2. The number of hydrogen-bond donors (Lipinski definition) is 2. The van der Waals surface area contributed by atoms with Crippen molar-refractivity contribution < 1.29 is 14.0 Å². The molecular weight excluding hydrogens is 421 g/mol. The molecule has 3 amide bonds. The molecule has 170 valence electrons. The summed E-state index contributed by atoms with van der Waals surface area (Å²) in [5, 5.41) is 5.24. The zero-order valence-electron chi connectivity index (χ0n) is 18.2. The number of nitrogens with one attached hydrogen (secondary N) is 2. The lowest BCUT2D eigenvalue weighted by Gasteiger charge is -2.40. The third-order valence-electron chi connectivity index (χ3n) is 6.80. The minimum absolute atomic E-state index is 0.0811. The van der Waals surface area contributed by atoms with Crippen LogP contribution in [0.5, 0.6) is 0 Å². The van der Waals surface area contributed by atoms with Gasteiger partial charge >= 0.3 is 6.03 Å². The number of carbonyl (C=O) groups excluding carboxylic acids is 2. The highest BCUT2D eigenvalue weighted by Gasteiger charge is 2.52. The van der Waals surface area contributed by atoms with E-state index in [9.17, 15) is 14.0 Å². The van der Waals surface area contributed by atoms with E-state index in [1.165, 1.54) is 6.07 Å². The fourth-order valence-electron chi connectivity index (χ4n) is 5.08. The Kier molecular flexibility index (Phi) is 5.68. The first-order chi connectivity index (χ1) is 16.0. The number of amides is 3. The Labute approximate surface area is 191 Å². The Morgan fingerprint density at radius 2 is 1.82 bits per heavy atom. The van der Waals surface area contributed by atoms with Crippen molar-refractivity contribution in [3.05, 3.63) is 84.1 Å². The fourth-order valence-corrected chi connectivity index (χ4v) is 5.08. The van der Waals surface area contributed by atoms with Gasteiger partial charge in [0.05, 0.1) is 0 Å². The number of benzene rings is 1. The van der Waals surface area contributed by atoms with Crippen LogP contribution in [0.3, 0.4) is 0 Å². The third-order valence-corrected chi connectivity index (χ3v) is 6.80. The fraction of sp³-hybridized carbons (Fsp3) is 0.320. The Balaban J connectivity index is 1.30. The molecule has 33 heavy (non-hydrogen) atoms. The number of hydrogen-bond acceptors (Lipinski definition) is 4. The van der Waals surface area contributed by atoms with Crippen molar-refractivity contribution in [1.29, 1.82) is 0 Å². The lowest BCUT2D eigenvalue weighted by Crippen LogP contribution is -2.57. The molecule has 2 saturated heterocycles. The first kappa shape index (κ1) is 21.3. The van der Waals surface area contributed by atoms with Crippen LogP contribution in [-0.4, -0.2) is 45.0 Å². The maximum atomic E-state index is 14.4. The van der Waals surface area contributed by atoms with Gasteiger partial charge in [-0.05, 0) is 67.7 Å². The number of rotatable bonds is 6. The summed E-state index contributed by atoms with van der Waals surface area (Å²) in [6, 6.07) is 15.9. The van der Waals surface area contributed by atoms with E-state index in [2.05, 4.69) is 31.2 Å². The van der Waals surface area contributed by atoms with Gasteiger partial charge < -0.3 is 9.88 Å². The van der Waals surface area contributed by atoms with Gasteiger partial charge in [-0.25, -0.2) is 14.2 Å². The Morgan fingerprint density at radius 3 is 2.52 bits per heavy atom. The van der Waals surface area contributed by atoms with Crippen molar-refractivity contribution in [2.75, 3.05) is 13.1 Å². The molecule has 2 aromatic heterocycles. The highest BCUT2D eigenvalue weighted by Crippen LogP contribution is 2.35. The number of pyridine rings is 1. The van der Waals surface area contributed by atoms with E-state index in [1.807, 2.05) is 30.5 Å². The van der Waals surface area contributed by atoms with Crippen LogP contribution in [0, 0.1) is 11.7 Å². The Hall–Kier alpha value is -3.52. The summed E-state index contributed by atoms with van der Waals surface area (Å²) in [6.07, 6.45) is 5.39. The number of likely N-dealkylation sites (tertiary alicyclic amines) is 1. The summed E-state index contributed by atoms with van der Waals surface area (Å²) in [4.78, 5) is 31.8. The van der Waals surface area contributed by atoms with Gasteiger partial charge in [-0.2, -0.15) is 0 Å². The van der Waals surface area contributed by atoms with E-state index >= 15 is 0 Å². The maximum absolute atomic E-state index is 14.4. The number of imide groups is 1. The number of nitrogens with zero attached hydrogens (tertiary/aromatic N) is 3. The summed E-state index contributed by atoms with van der Waals surface area (Å²) in [5.74, 6) is 0.0701. The van der Waals surface area contributed by atoms with Crippen LogP contribution in [0.15, 0.2) is 67.0 Å². The van der Waals surface area contributed by atoms with Crippen molar-refractivity contribution in [2.24, 2.45) is 5.92 Å². The van der Waals surface area contributed by atoms with E-state index in [0.29, 0.717) is 5.56 Å². The van der Waals surface area contributed by atoms with Crippen LogP contribution < -0.4 is 10.6 Å². The predicted molar refractivity (Wildman–Crippen MR) is 121 cm³/mol. The molecule has 0 bridgehead atoms. The summed E-state index contributed by atoms with van der Waals surface area (Å²) in [7, 11) is 0. The van der Waals surface area contributed by atoms with Gasteiger partial charge in [0.1, 0.15) is 17.2 Å². The average Bonchev–Trinajstić information content (AvgIpc) is 3.40. The normalized spacial score (nSPS) is 21.7. The minimum Gasteiger partial charge on any atom is -0.323 e. The van der Waals surface area contributed by atoms with Gasteiger partial charge in [0.25, 0.3) is 5.91 Å². The van der Waals surface area contributed by atoms with E-state index < -0.39 is 11.6 Å². The lowest BCUT2D eigenvalue weighted by molar-refractivity contribution is -0.126. The quantitative estimate of drug-likeness (QED) is 0.570. The second-order valence-corrected chi connectivity index (χ2v) is 8.76. The predicted octanol–water partition coefficient (Wildman–Crippen LogP) is 3.04. The van der Waals surface area contributed by atoms with Gasteiger partial charge in [-0.15, -0.1) is 0 Å². The monoisotopic (exact) mass is 447 g/mol. The zero-order chi connectivity index (χ0) is 22.8. The molecule has 1 atom stereocenters. The standard InChI is InChI=1S/C25H26FN5O2/c26-21-8-2-1-6-18(21)16-25(23(32)28-24(33)29-25)19-10-14-30(15-11-19)17-20-7-5-13-31(20)22-9-3-4-12-27-22/h1-9,12-13,19H,10-11,14-17H2,(H2,28,29,32,33)/t25-/m0/s1. The molecule has 0 spiro atoms. The van der Waals surface area contributed by atoms with Crippen LogP contribution >= 0.6 is 0 Å². The topological polar surface area (TPSA) is 79.3 Å². The molecule has 0 unspecified atom stereocenters. The van der Waals surface area contributed by atoms with Crippen LogP contribution in [-0.2, 0) is 17.8 Å². The lowest BCUT2D eigenvalue weighted by atomic mass is 9.74. The second kappa shape index (κ2) is 8.78. The Morgan fingerprint density at radius 1 is 1.03 bits per heavy atom. The van der Waals surface area contributed by atoms with Gasteiger partial charge in [0, 0.05) is 31.1 Å². The van der Waals surface area contributed by atoms with Crippen molar-refractivity contribution in [3.8, 4) is 5.82 Å². The van der Waals surface area contributed by atoms with Gasteiger partial charge in [-0.1, -0.05) is 24.3 Å². The molecule has 3 aromatic rings. The summed E-state index contributed by atoms with van der Waals surface area (Å²) in [5.41, 5.74) is 0.449. The van der Waals surface area contributed by atoms with Crippen molar-refractivity contribution in [3.63, 3.8) is 0 Å². The number of aromatic nitrogens is 2. The van der Waals surface area contributed by atoms with E-state index in [1.54, 1.807) is 24.4 Å². The number of halogens is 1. The van der Waals surface area contributed by atoms with Gasteiger partial charge in [-0.3, -0.25) is 15.0 Å². The van der Waals surface area contributed by atoms with Crippen LogP contribution in [0.25, 0.3) is 5.82 Å². The van der Waals surface area contributed by atoms with Crippen LogP contribution in [0.2, 0.25) is 0 Å². The number of urea groups is 1. The second-order valence-electron chi connectivity index (χ2n) is 8.76. The molecule has 2 aliphatic rings. The molecule has 0 saturated carbocycles. The van der Waals surface area contributed by atoms with Crippen LogP contribution in [0.4, 0.5) is 9.18 Å². The molecule has 4 heterocycles. The highest BCUT2D eigenvalue weighted by molar-refractivity contribution is 6.07. The SMILES string of the molecule is O=C1NC(=O)[C@](Cc2ccccc2F)(C2CCN(Cc3cccn3-c3ccccn3)CC2)N1. The molecule has 8 heteroatoms. The van der Waals surface area contributed by atoms with E-state index in [0.717, 1.165) is 44.0 Å².